The number of anilines is 1. The highest BCUT2D eigenvalue weighted by Gasteiger charge is 2.15. The predicted molar refractivity (Wildman–Crippen MR) is 116 cm³/mol. The first-order valence-electron chi connectivity index (χ1n) is 8.95. The first kappa shape index (κ1) is 20.3. The maximum absolute atomic E-state index is 13.3. The standard InChI is InChI=1S/C21H22ClFN4S/c1-13(16-7-5-4-6-8-16)24-21(28)25-20-14(2)26-27(15(20)3)12-17-9-10-18(23)11-19(17)22/h4-11,13H,12H2,1-3H3,(H2,24,25,28). The van der Waals surface area contributed by atoms with Crippen LogP contribution in [0.5, 0.6) is 0 Å². The Morgan fingerprint density at radius 3 is 2.61 bits per heavy atom. The molecule has 1 unspecified atom stereocenters. The van der Waals surface area contributed by atoms with Gasteiger partial charge in [-0.15, -0.1) is 0 Å². The van der Waals surface area contributed by atoms with Crippen LogP contribution in [-0.4, -0.2) is 14.9 Å². The van der Waals surface area contributed by atoms with Gasteiger partial charge in [-0.1, -0.05) is 48.0 Å². The van der Waals surface area contributed by atoms with Crippen molar-refractivity contribution in [2.75, 3.05) is 5.32 Å². The number of nitrogens with one attached hydrogen (secondary N) is 2. The van der Waals surface area contributed by atoms with E-state index in [1.807, 2.05) is 36.7 Å². The summed E-state index contributed by atoms with van der Waals surface area (Å²) in [6.07, 6.45) is 0. The van der Waals surface area contributed by atoms with Crippen LogP contribution in [0.2, 0.25) is 5.02 Å². The van der Waals surface area contributed by atoms with Gasteiger partial charge in [0.15, 0.2) is 5.11 Å². The number of aryl methyl sites for hydroxylation is 1. The summed E-state index contributed by atoms with van der Waals surface area (Å²) in [5, 5.41) is 12.0. The van der Waals surface area contributed by atoms with Gasteiger partial charge >= 0.3 is 0 Å². The Bertz CT molecular complexity index is 988. The van der Waals surface area contributed by atoms with E-state index in [1.165, 1.54) is 12.1 Å². The van der Waals surface area contributed by atoms with E-state index < -0.39 is 0 Å². The molecule has 0 radical (unpaired) electrons. The van der Waals surface area contributed by atoms with Crippen molar-refractivity contribution in [2.45, 2.75) is 33.4 Å². The maximum atomic E-state index is 13.3. The molecule has 28 heavy (non-hydrogen) atoms. The van der Waals surface area contributed by atoms with Crippen LogP contribution < -0.4 is 10.6 Å². The molecule has 0 aliphatic rings. The first-order chi connectivity index (χ1) is 13.3. The number of halogens is 2. The monoisotopic (exact) mass is 416 g/mol. The van der Waals surface area contributed by atoms with Crippen molar-refractivity contribution in [2.24, 2.45) is 0 Å². The average Bonchev–Trinajstić information content (AvgIpc) is 2.92. The number of thiocarbonyl (C=S) groups is 1. The van der Waals surface area contributed by atoms with Crippen molar-refractivity contribution < 1.29 is 4.39 Å². The molecule has 2 N–H and O–H groups in total. The highest BCUT2D eigenvalue weighted by molar-refractivity contribution is 7.80. The summed E-state index contributed by atoms with van der Waals surface area (Å²) in [4.78, 5) is 0. The fourth-order valence-electron chi connectivity index (χ4n) is 3.01. The van der Waals surface area contributed by atoms with Gasteiger partial charge in [0.05, 0.1) is 29.7 Å². The molecule has 2 aromatic carbocycles. The number of aromatic nitrogens is 2. The Hall–Kier alpha value is -2.44. The Labute approximate surface area is 174 Å². The number of nitrogens with zero attached hydrogens (tertiary/aromatic N) is 2. The predicted octanol–water partition coefficient (Wildman–Crippen LogP) is 5.39. The highest BCUT2D eigenvalue weighted by Crippen LogP contribution is 2.23. The normalized spacial score (nSPS) is 11.9. The second-order valence-electron chi connectivity index (χ2n) is 6.67. The molecule has 1 atom stereocenters. The second-order valence-corrected chi connectivity index (χ2v) is 7.49. The van der Waals surface area contributed by atoms with E-state index in [4.69, 9.17) is 23.8 Å². The fraction of sp³-hybridized carbons (Fsp3) is 0.238. The Kier molecular flexibility index (Phi) is 6.31. The molecule has 0 saturated carbocycles. The largest absolute Gasteiger partial charge is 0.356 e. The number of benzene rings is 2. The zero-order valence-corrected chi connectivity index (χ0v) is 17.5. The van der Waals surface area contributed by atoms with Gasteiger partial charge in [-0.3, -0.25) is 4.68 Å². The zero-order chi connectivity index (χ0) is 20.3. The quantitative estimate of drug-likeness (QED) is 0.547. The maximum Gasteiger partial charge on any atom is 0.171 e. The topological polar surface area (TPSA) is 41.9 Å². The molecule has 1 heterocycles. The molecular formula is C21H22ClFN4S. The van der Waals surface area contributed by atoms with Gasteiger partial charge in [0.2, 0.25) is 0 Å². The Morgan fingerprint density at radius 1 is 1.21 bits per heavy atom. The van der Waals surface area contributed by atoms with Gasteiger partial charge in [-0.25, -0.2) is 4.39 Å². The van der Waals surface area contributed by atoms with E-state index in [2.05, 4.69) is 34.8 Å². The van der Waals surface area contributed by atoms with Gasteiger partial charge in [0.1, 0.15) is 5.82 Å². The third kappa shape index (κ3) is 4.69. The third-order valence-electron chi connectivity index (χ3n) is 4.60. The summed E-state index contributed by atoms with van der Waals surface area (Å²) >= 11 is 11.6. The smallest absolute Gasteiger partial charge is 0.171 e. The SMILES string of the molecule is Cc1nn(Cc2ccc(F)cc2Cl)c(C)c1NC(=S)NC(C)c1ccccc1. The highest BCUT2D eigenvalue weighted by atomic mass is 35.5. The molecule has 146 valence electrons. The molecular weight excluding hydrogens is 395 g/mol. The lowest BCUT2D eigenvalue weighted by atomic mass is 10.1. The summed E-state index contributed by atoms with van der Waals surface area (Å²) in [6, 6.07) is 14.6. The van der Waals surface area contributed by atoms with Crippen molar-refractivity contribution >= 4 is 34.6 Å². The van der Waals surface area contributed by atoms with E-state index in [1.54, 1.807) is 6.07 Å². The van der Waals surface area contributed by atoms with Gasteiger partial charge in [0.25, 0.3) is 0 Å². The van der Waals surface area contributed by atoms with Crippen molar-refractivity contribution in [1.29, 1.82) is 0 Å². The van der Waals surface area contributed by atoms with Gasteiger partial charge in [0, 0.05) is 5.02 Å². The Balaban J connectivity index is 1.72. The molecule has 0 aliphatic heterocycles. The van der Waals surface area contributed by atoms with Crippen molar-refractivity contribution in [1.82, 2.24) is 15.1 Å². The molecule has 0 fully saturated rings. The van der Waals surface area contributed by atoms with E-state index in [0.717, 1.165) is 28.2 Å². The lowest BCUT2D eigenvalue weighted by Crippen LogP contribution is -2.31. The molecule has 3 rings (SSSR count). The summed E-state index contributed by atoms with van der Waals surface area (Å²) in [7, 11) is 0. The van der Waals surface area contributed by atoms with Crippen LogP contribution in [-0.2, 0) is 6.54 Å². The van der Waals surface area contributed by atoms with Crippen molar-refractivity contribution in [3.8, 4) is 0 Å². The fourth-order valence-corrected chi connectivity index (χ4v) is 3.52. The van der Waals surface area contributed by atoms with Crippen LogP contribution in [0.4, 0.5) is 10.1 Å². The molecule has 0 bridgehead atoms. The van der Waals surface area contributed by atoms with Crippen molar-refractivity contribution in [3.63, 3.8) is 0 Å². The van der Waals surface area contributed by atoms with Crippen LogP contribution >= 0.6 is 23.8 Å². The number of hydrogen-bond acceptors (Lipinski definition) is 2. The minimum Gasteiger partial charge on any atom is -0.356 e. The van der Waals surface area contributed by atoms with Crippen LogP contribution in [0.25, 0.3) is 0 Å². The minimum atomic E-state index is -0.353. The number of hydrogen-bond donors (Lipinski definition) is 2. The van der Waals surface area contributed by atoms with Crippen LogP contribution in [0.3, 0.4) is 0 Å². The molecule has 0 saturated heterocycles. The van der Waals surface area contributed by atoms with Crippen LogP contribution in [0.15, 0.2) is 48.5 Å². The molecule has 4 nitrogen and oxygen atoms in total. The summed E-state index contributed by atoms with van der Waals surface area (Å²) in [6.45, 7) is 6.39. The van der Waals surface area contributed by atoms with E-state index in [0.29, 0.717) is 16.7 Å². The van der Waals surface area contributed by atoms with Gasteiger partial charge in [-0.05, 0) is 56.2 Å². The van der Waals surface area contributed by atoms with E-state index in [9.17, 15) is 4.39 Å². The summed E-state index contributed by atoms with van der Waals surface area (Å²) in [5.74, 6) is -0.353. The first-order valence-corrected chi connectivity index (χ1v) is 9.74. The molecule has 3 aromatic rings. The Morgan fingerprint density at radius 2 is 1.93 bits per heavy atom. The molecule has 1 aromatic heterocycles. The molecule has 0 amide bonds. The van der Waals surface area contributed by atoms with Gasteiger partial charge in [-0.2, -0.15) is 5.10 Å². The van der Waals surface area contributed by atoms with Crippen molar-refractivity contribution in [3.05, 3.63) is 81.9 Å². The van der Waals surface area contributed by atoms with E-state index in [-0.39, 0.29) is 11.9 Å². The second kappa shape index (κ2) is 8.71. The molecule has 0 aliphatic carbocycles. The summed E-state index contributed by atoms with van der Waals surface area (Å²) in [5.41, 5.74) is 4.57. The average molecular weight is 417 g/mol. The van der Waals surface area contributed by atoms with Gasteiger partial charge < -0.3 is 10.6 Å². The number of rotatable bonds is 5. The van der Waals surface area contributed by atoms with Crippen LogP contribution in [0.1, 0.15) is 35.5 Å². The summed E-state index contributed by atoms with van der Waals surface area (Å²) < 4.78 is 15.1. The lowest BCUT2D eigenvalue weighted by Gasteiger charge is -2.17. The minimum absolute atomic E-state index is 0.0786. The van der Waals surface area contributed by atoms with E-state index >= 15 is 0 Å². The molecule has 7 heteroatoms. The lowest BCUT2D eigenvalue weighted by molar-refractivity contribution is 0.622. The third-order valence-corrected chi connectivity index (χ3v) is 5.17. The zero-order valence-electron chi connectivity index (χ0n) is 16.0. The molecule has 0 spiro atoms. The van der Waals surface area contributed by atoms with Crippen LogP contribution in [0, 0.1) is 19.7 Å².